The first-order chi connectivity index (χ1) is 13.5. The van der Waals surface area contributed by atoms with Gasteiger partial charge in [0.15, 0.2) is 11.5 Å². The largest absolute Gasteiger partial charge is 0.496 e. The Morgan fingerprint density at radius 3 is 2.25 bits per heavy atom. The highest BCUT2D eigenvalue weighted by atomic mass is 16.5. The summed E-state index contributed by atoms with van der Waals surface area (Å²) in [5, 5.41) is 3.35. The van der Waals surface area contributed by atoms with E-state index in [0.717, 1.165) is 0 Å². The molecule has 0 atom stereocenters. The molecule has 8 nitrogen and oxygen atoms in total. The molecule has 0 unspecified atom stereocenters. The molecule has 1 aromatic heterocycles. The fourth-order valence-corrected chi connectivity index (χ4v) is 2.93. The Morgan fingerprint density at radius 2 is 1.61 bits per heavy atom. The molecule has 0 aliphatic heterocycles. The first-order valence-electron chi connectivity index (χ1n) is 8.34. The van der Waals surface area contributed by atoms with Crippen molar-refractivity contribution in [3.63, 3.8) is 0 Å². The third kappa shape index (κ3) is 3.32. The number of methoxy groups -OCH3 is 4. The normalized spacial score (nSPS) is 10.4. The molecule has 8 heteroatoms. The molecule has 3 aromatic rings. The molecule has 0 radical (unpaired) electrons. The summed E-state index contributed by atoms with van der Waals surface area (Å²) in [6, 6.07) is 10.1. The van der Waals surface area contributed by atoms with Crippen molar-refractivity contribution in [3.8, 4) is 17.2 Å². The number of ether oxygens (including phenoxy) is 4. The van der Waals surface area contributed by atoms with Crippen LogP contribution < -0.4 is 19.5 Å². The summed E-state index contributed by atoms with van der Waals surface area (Å²) in [5.41, 5.74) is 1.36. The number of aromatic nitrogens is 1. The molecule has 0 saturated carbocycles. The number of benzene rings is 2. The molecular weight excluding hydrogens is 364 g/mol. The molecule has 2 aromatic carbocycles. The van der Waals surface area contributed by atoms with Crippen LogP contribution in [0.4, 0.5) is 5.69 Å². The maximum absolute atomic E-state index is 12.9. The van der Waals surface area contributed by atoms with Crippen LogP contribution >= 0.6 is 0 Å². The minimum absolute atomic E-state index is 0.121. The Balaban J connectivity index is 2.08. The van der Waals surface area contributed by atoms with Gasteiger partial charge in [-0.1, -0.05) is 6.07 Å². The van der Waals surface area contributed by atoms with Gasteiger partial charge in [0.1, 0.15) is 11.4 Å². The molecular formula is C20H20N2O6. The third-order valence-corrected chi connectivity index (χ3v) is 4.28. The zero-order valence-electron chi connectivity index (χ0n) is 15.9. The van der Waals surface area contributed by atoms with Crippen LogP contribution in [0.2, 0.25) is 0 Å². The van der Waals surface area contributed by atoms with E-state index >= 15 is 0 Å². The molecule has 0 aliphatic carbocycles. The first kappa shape index (κ1) is 19.1. The van der Waals surface area contributed by atoms with Crippen LogP contribution in [-0.2, 0) is 4.74 Å². The van der Waals surface area contributed by atoms with Crippen molar-refractivity contribution in [1.82, 2.24) is 4.98 Å². The van der Waals surface area contributed by atoms with E-state index in [9.17, 15) is 9.59 Å². The van der Waals surface area contributed by atoms with E-state index in [1.54, 1.807) is 36.4 Å². The van der Waals surface area contributed by atoms with E-state index in [1.807, 2.05) is 0 Å². The van der Waals surface area contributed by atoms with E-state index in [2.05, 4.69) is 10.3 Å². The second kappa shape index (κ2) is 7.91. The minimum atomic E-state index is -0.610. The van der Waals surface area contributed by atoms with Crippen LogP contribution in [0.3, 0.4) is 0 Å². The van der Waals surface area contributed by atoms with Gasteiger partial charge in [-0.2, -0.15) is 0 Å². The number of carbonyl (C=O) groups is 2. The Labute approximate surface area is 161 Å². The monoisotopic (exact) mass is 384 g/mol. The van der Waals surface area contributed by atoms with Crippen molar-refractivity contribution in [2.24, 2.45) is 0 Å². The summed E-state index contributed by atoms with van der Waals surface area (Å²) >= 11 is 0. The fourth-order valence-electron chi connectivity index (χ4n) is 2.93. The van der Waals surface area contributed by atoms with Crippen LogP contribution in [0.15, 0.2) is 36.4 Å². The molecule has 0 aliphatic rings. The van der Waals surface area contributed by atoms with Crippen LogP contribution in [0.5, 0.6) is 17.2 Å². The zero-order valence-corrected chi connectivity index (χ0v) is 15.9. The molecule has 146 valence electrons. The number of rotatable bonds is 6. The van der Waals surface area contributed by atoms with Gasteiger partial charge in [0.2, 0.25) is 0 Å². The van der Waals surface area contributed by atoms with E-state index in [-0.39, 0.29) is 11.4 Å². The fraction of sp³-hybridized carbons (Fsp3) is 0.200. The molecule has 0 bridgehead atoms. The topological polar surface area (TPSA) is 98.9 Å². The smallest absolute Gasteiger partial charge is 0.356 e. The number of hydrogen-bond donors (Lipinski definition) is 2. The van der Waals surface area contributed by atoms with Gasteiger partial charge in [-0.15, -0.1) is 0 Å². The number of nitrogens with one attached hydrogen (secondary N) is 2. The number of anilines is 1. The van der Waals surface area contributed by atoms with Crippen LogP contribution in [0, 0.1) is 0 Å². The Kier molecular flexibility index (Phi) is 5.39. The van der Waals surface area contributed by atoms with Crippen LogP contribution in [0.25, 0.3) is 10.9 Å². The summed E-state index contributed by atoms with van der Waals surface area (Å²) in [5.74, 6) is 0.383. The Morgan fingerprint density at radius 1 is 0.893 bits per heavy atom. The van der Waals surface area contributed by atoms with Gasteiger partial charge in [-0.05, 0) is 30.3 Å². The lowest BCUT2D eigenvalue weighted by atomic mass is 10.1. The molecule has 0 spiro atoms. The summed E-state index contributed by atoms with van der Waals surface area (Å²) < 4.78 is 20.7. The van der Waals surface area contributed by atoms with Gasteiger partial charge < -0.3 is 29.2 Å². The number of fused-ring (bicyclic) bond motifs is 1. The highest BCUT2D eigenvalue weighted by Gasteiger charge is 2.23. The second-order valence-electron chi connectivity index (χ2n) is 5.77. The van der Waals surface area contributed by atoms with E-state index in [0.29, 0.717) is 33.7 Å². The summed E-state index contributed by atoms with van der Waals surface area (Å²) in [6.07, 6.45) is 0. The van der Waals surface area contributed by atoms with Gasteiger partial charge in [-0.3, -0.25) is 4.79 Å². The van der Waals surface area contributed by atoms with Gasteiger partial charge >= 0.3 is 5.97 Å². The third-order valence-electron chi connectivity index (χ3n) is 4.28. The van der Waals surface area contributed by atoms with E-state index < -0.39 is 11.9 Å². The lowest BCUT2D eigenvalue weighted by Crippen LogP contribution is -2.15. The van der Waals surface area contributed by atoms with Crippen molar-refractivity contribution in [1.29, 1.82) is 0 Å². The SMILES string of the molecule is COC(=O)c1[nH]c2cccc(OC)c2c1NC(=O)c1ccc(OC)c(OC)c1. The van der Waals surface area contributed by atoms with Crippen molar-refractivity contribution in [2.75, 3.05) is 33.8 Å². The standard InChI is InChI=1S/C20H20N2O6/c1-25-13-9-8-11(10-15(13)27-3)19(23)22-17-16-12(6-5-7-14(16)26-2)21-18(17)20(24)28-4/h5-10,21H,1-4H3,(H,22,23). The maximum atomic E-state index is 12.9. The van der Waals surface area contributed by atoms with Gasteiger partial charge in [0.05, 0.1) is 45.0 Å². The number of amides is 1. The lowest BCUT2D eigenvalue weighted by molar-refractivity contribution is 0.0596. The molecule has 1 amide bonds. The van der Waals surface area contributed by atoms with Crippen molar-refractivity contribution < 1.29 is 28.5 Å². The highest BCUT2D eigenvalue weighted by molar-refractivity contribution is 6.16. The lowest BCUT2D eigenvalue weighted by Gasteiger charge is -2.11. The summed E-state index contributed by atoms with van der Waals surface area (Å²) in [4.78, 5) is 28.1. The van der Waals surface area contributed by atoms with Crippen LogP contribution in [0.1, 0.15) is 20.8 Å². The average Bonchev–Trinajstić information content (AvgIpc) is 3.10. The van der Waals surface area contributed by atoms with Crippen molar-refractivity contribution in [3.05, 3.63) is 47.7 Å². The van der Waals surface area contributed by atoms with E-state index in [1.165, 1.54) is 28.4 Å². The maximum Gasteiger partial charge on any atom is 0.356 e. The molecule has 0 saturated heterocycles. The number of aromatic amines is 1. The number of esters is 1. The molecule has 2 N–H and O–H groups in total. The Hall–Kier alpha value is -3.68. The molecule has 1 heterocycles. The highest BCUT2D eigenvalue weighted by Crippen LogP contribution is 2.36. The van der Waals surface area contributed by atoms with Crippen molar-refractivity contribution in [2.45, 2.75) is 0 Å². The molecule has 28 heavy (non-hydrogen) atoms. The first-order valence-corrected chi connectivity index (χ1v) is 8.34. The second-order valence-corrected chi connectivity index (χ2v) is 5.77. The quantitative estimate of drug-likeness (QED) is 0.633. The van der Waals surface area contributed by atoms with Crippen LogP contribution in [-0.4, -0.2) is 45.3 Å². The van der Waals surface area contributed by atoms with Gasteiger partial charge in [-0.25, -0.2) is 4.79 Å². The molecule has 3 rings (SSSR count). The predicted molar refractivity (Wildman–Crippen MR) is 104 cm³/mol. The van der Waals surface area contributed by atoms with Gasteiger partial charge in [0.25, 0.3) is 5.91 Å². The number of hydrogen-bond acceptors (Lipinski definition) is 6. The summed E-state index contributed by atoms with van der Waals surface area (Å²) in [7, 11) is 5.78. The number of carbonyl (C=O) groups excluding carboxylic acids is 2. The zero-order chi connectivity index (χ0) is 20.3. The average molecular weight is 384 g/mol. The summed E-state index contributed by atoms with van der Waals surface area (Å²) in [6.45, 7) is 0. The number of H-pyrrole nitrogens is 1. The minimum Gasteiger partial charge on any atom is -0.496 e. The Bertz CT molecular complexity index is 1040. The predicted octanol–water partition coefficient (Wildman–Crippen LogP) is 3.23. The van der Waals surface area contributed by atoms with Gasteiger partial charge in [0, 0.05) is 5.56 Å². The molecule has 0 fully saturated rings. The van der Waals surface area contributed by atoms with E-state index in [4.69, 9.17) is 18.9 Å². The van der Waals surface area contributed by atoms with Crippen molar-refractivity contribution >= 4 is 28.5 Å².